The maximum atomic E-state index is 14.4. The number of carbonyl (C=O) groups excluding carboxylic acids is 14. The third-order valence-electron chi connectivity index (χ3n) is 23.4. The number of thioether (sulfide) groups is 2. The van der Waals surface area contributed by atoms with Gasteiger partial charge in [-0.2, -0.15) is 38.5 Å². The van der Waals surface area contributed by atoms with E-state index in [2.05, 4.69) is 79.8 Å². The molecule has 6 aliphatic rings. The molecular weight excluding hydrogens is 1800 g/mol. The first kappa shape index (κ1) is 102. The molecule has 8 atom stereocenters. The highest BCUT2D eigenvalue weighted by Gasteiger charge is 2.37. The first-order valence-electron chi connectivity index (χ1n) is 44.3. The van der Waals surface area contributed by atoms with Crippen LogP contribution in [0.25, 0.3) is 33.4 Å². The second-order valence-electron chi connectivity index (χ2n) is 33.4. The van der Waals surface area contributed by atoms with Crippen LogP contribution in [0.15, 0.2) is 100 Å². The molecule has 2 fully saturated rings. The lowest BCUT2D eigenvalue weighted by atomic mass is 9.90. The van der Waals surface area contributed by atoms with Crippen molar-refractivity contribution in [1.82, 2.24) is 78.8 Å². The first-order chi connectivity index (χ1) is 65.0. The number of aromatic hydroxyl groups is 1. The van der Waals surface area contributed by atoms with Crippen molar-refractivity contribution in [2.75, 3.05) is 103 Å². The van der Waals surface area contributed by atoms with Gasteiger partial charge in [0, 0.05) is 131 Å². The van der Waals surface area contributed by atoms with E-state index in [4.69, 9.17) is 53.1 Å². The predicted molar refractivity (Wildman–Crippen MR) is 506 cm³/mol. The van der Waals surface area contributed by atoms with E-state index in [-0.39, 0.29) is 205 Å². The Kier molecular flexibility index (Phi) is 35.6. The van der Waals surface area contributed by atoms with Crippen molar-refractivity contribution in [3.05, 3.63) is 129 Å². The van der Waals surface area contributed by atoms with Crippen LogP contribution in [0, 0.1) is 34.5 Å². The average Bonchev–Trinajstić information content (AvgIpc) is 0.744. The summed E-state index contributed by atoms with van der Waals surface area (Å²) in [6.07, 6.45) is 2.16. The van der Waals surface area contributed by atoms with Crippen LogP contribution in [0.1, 0.15) is 134 Å². The van der Waals surface area contributed by atoms with Crippen LogP contribution in [-0.2, 0) is 69.0 Å². The molecule has 14 amide bonds. The molecule has 136 heavy (non-hydrogen) atoms. The van der Waals surface area contributed by atoms with Gasteiger partial charge < -0.3 is 127 Å². The molecule has 11 rings (SSSR count). The van der Waals surface area contributed by atoms with Crippen molar-refractivity contribution >= 4 is 170 Å². The number of hydrogen-bond donors (Lipinski definition) is 23. The molecule has 4 aromatic carbocycles. The lowest BCUT2D eigenvalue weighted by Crippen LogP contribution is -2.56. The highest BCUT2D eigenvalue weighted by molar-refractivity contribution is 7.98. The zero-order chi connectivity index (χ0) is 98.1. The second kappa shape index (κ2) is 47.6. The molecule has 45 nitrogen and oxygen atoms in total. The summed E-state index contributed by atoms with van der Waals surface area (Å²) >= 11 is 2.31. The lowest BCUT2D eigenvalue weighted by molar-refractivity contribution is -0.132. The van der Waals surface area contributed by atoms with Crippen molar-refractivity contribution in [1.29, 1.82) is 10.8 Å². The van der Waals surface area contributed by atoms with Crippen molar-refractivity contribution in [3.8, 4) is 28.2 Å². The minimum Gasteiger partial charge on any atom is -0.508 e. The summed E-state index contributed by atoms with van der Waals surface area (Å²) in [6.45, 7) is 5.89. The van der Waals surface area contributed by atoms with Gasteiger partial charge in [0.25, 0.3) is 11.8 Å². The summed E-state index contributed by atoms with van der Waals surface area (Å²) in [5.74, 6) is -13.9. The van der Waals surface area contributed by atoms with E-state index >= 15 is 0 Å². The largest absolute Gasteiger partial charge is 0.508 e. The van der Waals surface area contributed by atoms with Gasteiger partial charge in [0.1, 0.15) is 53.3 Å². The van der Waals surface area contributed by atoms with E-state index in [9.17, 15) is 86.9 Å². The fourth-order valence-corrected chi connectivity index (χ4v) is 17.7. The molecule has 1 aliphatic carbocycles. The Bertz CT molecular complexity index is 5510. The molecule has 0 saturated carbocycles. The Morgan fingerprint density at radius 1 is 0.537 bits per heavy atom. The number of carboxylic acid groups (broad SMARTS) is 1. The van der Waals surface area contributed by atoms with E-state index in [1.54, 1.807) is 58.0 Å². The molecule has 5 aromatic rings. The van der Waals surface area contributed by atoms with Crippen molar-refractivity contribution < 1.29 is 86.5 Å². The number of nitrogens with zero attached hydrogens (tertiary/aromatic N) is 5. The number of anilines is 6. The zero-order valence-electron chi connectivity index (χ0n) is 75.1. The van der Waals surface area contributed by atoms with Gasteiger partial charge in [0.15, 0.2) is 17.3 Å². The van der Waals surface area contributed by atoms with Crippen molar-refractivity contribution in [3.63, 3.8) is 0 Å². The number of aromatic carboxylic acids is 1. The number of guanidine groups is 2. The van der Waals surface area contributed by atoms with Crippen LogP contribution in [-0.4, -0.2) is 239 Å². The zero-order valence-corrected chi connectivity index (χ0v) is 76.7. The standard InChI is InChI=1S/C89H112N26O19S2/c1-5-44(3)72-82(130)107-61(9-7-21-96-85(92)93)80(128)100-38-69(120)105-63(74(90)122)42-135-40-46-27-50(78(126)109-72)31-53(29-46)102-67(118)36-98-76(124)48-17-23-114(24-18-48)88-111-87(104-52-11-14-57(60(33-52)84(132)133)71-58-15-12-55(116)34-65(58)134-66-35-56(117)13-16-59(66)71)112-89(113-88)115-25-19-49(20-26-115)77(125)99-37-68(119)103-54-30-47-28-51(32-54)79(127)110-73(45(4)6-2)83(131)108-62(10-8-22-97-86(94)95)81(129)101-39-70(121)106-64(75(91)123)43-136-41-47/h11-16,27-35,44-45,48-49,61-64,72-73,116H,5-10,17-26,36-43H2,1-4H3,(H2,90,122)(H2,91,123)(H,98,124)(H,99,125)(H,100,128)(H,101,129)(H,102,118)(H,103,119)(H,105,120)(H,106,121)(H,107,130)(H,108,131)(H,109,126)(H,110,127)(H,132,133)(H4,92,93,96)(H4,94,95,97)(H,104,111,112,113)/t44-,45-,61-,62-,63-,64-,72-,73-/m0/s1. The van der Waals surface area contributed by atoms with E-state index in [0.717, 1.165) is 23.5 Å². The summed E-state index contributed by atoms with van der Waals surface area (Å²) in [5.41, 5.74) is 24.3. The van der Waals surface area contributed by atoms with Gasteiger partial charge in [0.05, 0.1) is 31.7 Å². The highest BCUT2D eigenvalue weighted by Crippen LogP contribution is 2.43. The number of hydrogen-bond acceptors (Lipinski definition) is 28. The average molecular weight is 1910 g/mol. The number of fused-ring (bicyclic) bond motifs is 6. The third-order valence-corrected chi connectivity index (χ3v) is 25.6. The smallest absolute Gasteiger partial charge is 0.336 e. The SMILES string of the molecule is CC[C@H](C)[C@@H]1NC(=O)c2cc(cc(NC(=O)CNC(=O)C3CCN(c4nc(Nc5ccc(-c6c7ccc(=O)cc-7oc7cc(O)ccc67)c(C(=O)O)c5)nc(N5CCC(C(=O)NCC(=O)Nc6cc7cc(c6)C(=O)N[C@@H]([C@@H](C)CC)C(=O)N[C@@H](CCCNC(=N)N)C(=O)NCC(=O)N[C@H](C(N)=O)CSC7)CC5)n4)CC3)c2)CSC[C@@H](C(N)=O)NC(=O)CNC(=O)[C@H](CCCNC(=N)N)NC1=O. The molecule has 0 unspecified atom stereocenters. The maximum Gasteiger partial charge on any atom is 0.336 e. The van der Waals surface area contributed by atoms with Gasteiger partial charge in [-0.05, 0) is 153 Å². The third kappa shape index (κ3) is 28.3. The number of phenols is 1. The summed E-state index contributed by atoms with van der Waals surface area (Å²) < 4.78 is 6.05. The van der Waals surface area contributed by atoms with Gasteiger partial charge in [0.2, 0.25) is 88.7 Å². The summed E-state index contributed by atoms with van der Waals surface area (Å²) in [5, 5.41) is 77.3. The second-order valence-corrected chi connectivity index (χ2v) is 35.5. The number of rotatable bonds is 28. The Morgan fingerprint density at radius 2 is 1.00 bits per heavy atom. The fourth-order valence-electron chi connectivity index (χ4n) is 15.7. The fraction of sp³-hybridized carbons (Fsp3) is 0.427. The van der Waals surface area contributed by atoms with Gasteiger partial charge in [-0.3, -0.25) is 82.7 Å². The minimum absolute atomic E-state index is 0.00177. The van der Waals surface area contributed by atoms with Crippen LogP contribution in [0.2, 0.25) is 0 Å². The molecule has 2 saturated heterocycles. The lowest BCUT2D eigenvalue weighted by Gasteiger charge is -2.34. The molecule has 47 heteroatoms. The van der Waals surface area contributed by atoms with Gasteiger partial charge in [-0.1, -0.05) is 46.6 Å². The molecule has 4 bridgehead atoms. The number of primary amides is 2. The quantitative estimate of drug-likeness (QED) is 0.0136. The van der Waals surface area contributed by atoms with Gasteiger partial charge >= 0.3 is 5.97 Å². The van der Waals surface area contributed by atoms with E-state index in [1.807, 2.05) is 9.80 Å². The molecular formula is C89H112N26O19S2. The molecule has 1 aromatic heterocycles. The van der Waals surface area contributed by atoms with Crippen LogP contribution in [0.3, 0.4) is 0 Å². The first-order valence-corrected chi connectivity index (χ1v) is 46.6. The molecule has 27 N–H and O–H groups in total. The van der Waals surface area contributed by atoms with E-state index in [0.29, 0.717) is 40.5 Å². The normalized spacial score (nSPS) is 19.3. The van der Waals surface area contributed by atoms with Crippen LogP contribution in [0.4, 0.5) is 34.9 Å². The molecule has 6 heterocycles. The Balaban J connectivity index is 0.785. The topological polar surface area (TPSA) is 704 Å². The number of aromatic nitrogens is 3. The Labute approximate surface area is 788 Å². The number of nitrogens with one attached hydrogen (secondary N) is 17. The number of piperidine rings is 2. The Morgan fingerprint density at radius 3 is 1.44 bits per heavy atom. The number of phenolic OH excluding ortho intramolecular Hbond substituents is 1. The molecule has 724 valence electrons. The van der Waals surface area contributed by atoms with Crippen LogP contribution >= 0.6 is 23.5 Å². The number of nitrogens with two attached hydrogens (primary N) is 4. The summed E-state index contributed by atoms with van der Waals surface area (Å²) in [6, 6.07) is 14.6. The summed E-state index contributed by atoms with van der Waals surface area (Å²) in [4.78, 5) is 236. The summed E-state index contributed by atoms with van der Waals surface area (Å²) in [7, 11) is 0. The minimum atomic E-state index is -1.34. The monoisotopic (exact) mass is 1910 g/mol. The number of benzene rings is 5. The molecule has 0 radical (unpaired) electrons. The Hall–Kier alpha value is -14.9. The number of carbonyl (C=O) groups is 15. The van der Waals surface area contributed by atoms with E-state index in [1.165, 1.54) is 60.7 Å². The van der Waals surface area contributed by atoms with E-state index < -0.39 is 175 Å². The van der Waals surface area contributed by atoms with Crippen LogP contribution < -0.4 is 118 Å². The maximum absolute atomic E-state index is 14.4. The highest BCUT2D eigenvalue weighted by atomic mass is 32.2. The van der Waals surface area contributed by atoms with Gasteiger partial charge in [-0.25, -0.2) is 4.79 Å². The number of carboxylic acids is 1. The van der Waals surface area contributed by atoms with Crippen molar-refractivity contribution in [2.45, 2.75) is 140 Å². The molecule has 5 aliphatic heterocycles. The molecule has 0 spiro atoms. The number of amides is 14. The predicted octanol–water partition coefficient (Wildman–Crippen LogP) is 0.291. The van der Waals surface area contributed by atoms with Crippen molar-refractivity contribution in [2.24, 2.45) is 46.6 Å². The van der Waals surface area contributed by atoms with Crippen LogP contribution in [0.5, 0.6) is 5.75 Å². The van der Waals surface area contributed by atoms with Gasteiger partial charge in [-0.15, -0.1) is 0 Å².